The fourth-order valence-corrected chi connectivity index (χ4v) is 4.93. The Kier molecular flexibility index (Phi) is 4.94. The lowest BCUT2D eigenvalue weighted by Crippen LogP contribution is -2.37. The van der Waals surface area contributed by atoms with E-state index in [4.69, 9.17) is 0 Å². The lowest BCUT2D eigenvalue weighted by atomic mass is 10.2. The van der Waals surface area contributed by atoms with Gasteiger partial charge >= 0.3 is 0 Å². The van der Waals surface area contributed by atoms with E-state index in [1.54, 1.807) is 0 Å². The van der Waals surface area contributed by atoms with Crippen LogP contribution in [0.1, 0.15) is 24.6 Å². The molecule has 1 saturated heterocycles. The summed E-state index contributed by atoms with van der Waals surface area (Å²) in [5.41, 5.74) is 2.98. The highest BCUT2D eigenvalue weighted by Crippen LogP contribution is 2.24. The van der Waals surface area contributed by atoms with Crippen LogP contribution in [0.3, 0.4) is 0 Å². The Hall–Kier alpha value is -2.15. The molecule has 1 aliphatic heterocycles. The second-order valence-electron chi connectivity index (χ2n) is 6.53. The maximum Gasteiger partial charge on any atom is 0.227 e. The molecule has 1 unspecified atom stereocenters. The van der Waals surface area contributed by atoms with Gasteiger partial charge in [0.1, 0.15) is 5.82 Å². The Bertz CT molecular complexity index is 867. The first kappa shape index (κ1) is 17.7. The molecule has 1 N–H and O–H groups in total. The maximum absolute atomic E-state index is 11.8. The average Bonchev–Trinajstić information content (AvgIpc) is 2.87. The normalized spacial score (nSPS) is 18.9. The van der Waals surface area contributed by atoms with E-state index in [-0.39, 0.29) is 17.5 Å². The van der Waals surface area contributed by atoms with Crippen molar-refractivity contribution in [3.63, 3.8) is 0 Å². The lowest BCUT2D eigenvalue weighted by Gasteiger charge is -2.27. The molecule has 6 nitrogen and oxygen atoms in total. The number of aromatic nitrogens is 2. The lowest BCUT2D eigenvalue weighted by molar-refractivity contribution is 0.599. The van der Waals surface area contributed by atoms with Crippen LogP contribution in [0.4, 0.5) is 17.5 Å². The minimum Gasteiger partial charge on any atom is -0.340 e. The smallest absolute Gasteiger partial charge is 0.227 e. The van der Waals surface area contributed by atoms with E-state index in [1.165, 1.54) is 5.56 Å². The molecule has 25 heavy (non-hydrogen) atoms. The van der Waals surface area contributed by atoms with Crippen LogP contribution in [0.5, 0.6) is 0 Å². The Morgan fingerprint density at radius 2 is 2.04 bits per heavy atom. The van der Waals surface area contributed by atoms with Gasteiger partial charge < -0.3 is 10.2 Å². The van der Waals surface area contributed by atoms with Gasteiger partial charge in [0.2, 0.25) is 5.95 Å². The number of nitrogens with one attached hydrogen (secondary N) is 1. The summed E-state index contributed by atoms with van der Waals surface area (Å²) >= 11 is 0. The zero-order chi connectivity index (χ0) is 18.0. The van der Waals surface area contributed by atoms with E-state index in [0.29, 0.717) is 24.7 Å². The van der Waals surface area contributed by atoms with Gasteiger partial charge in [0, 0.05) is 30.0 Å². The molecule has 0 saturated carbocycles. The van der Waals surface area contributed by atoms with Gasteiger partial charge in [-0.15, -0.1) is 0 Å². The molecule has 0 spiro atoms. The molecule has 0 aliphatic carbocycles. The van der Waals surface area contributed by atoms with Gasteiger partial charge in [0.05, 0.1) is 11.5 Å². The largest absolute Gasteiger partial charge is 0.340 e. The molecule has 2 heterocycles. The number of sulfone groups is 1. The third-order valence-corrected chi connectivity index (χ3v) is 6.13. The summed E-state index contributed by atoms with van der Waals surface area (Å²) < 4.78 is 23.6. The number of rotatable bonds is 5. The van der Waals surface area contributed by atoms with Crippen molar-refractivity contribution in [2.24, 2.45) is 0 Å². The minimum absolute atomic E-state index is 0.0522. The van der Waals surface area contributed by atoms with Crippen molar-refractivity contribution in [3.05, 3.63) is 41.6 Å². The third-order valence-electron chi connectivity index (χ3n) is 4.38. The molecule has 134 valence electrons. The van der Waals surface area contributed by atoms with E-state index in [9.17, 15) is 8.42 Å². The Labute approximate surface area is 149 Å². The van der Waals surface area contributed by atoms with Crippen LogP contribution in [0.2, 0.25) is 0 Å². The van der Waals surface area contributed by atoms with E-state index in [1.807, 2.05) is 49.9 Å². The molecule has 0 amide bonds. The van der Waals surface area contributed by atoms with Crippen LogP contribution in [-0.2, 0) is 9.84 Å². The zero-order valence-electron chi connectivity index (χ0n) is 14.9. The van der Waals surface area contributed by atoms with Crippen molar-refractivity contribution in [1.29, 1.82) is 0 Å². The second kappa shape index (κ2) is 7.00. The molecule has 7 heteroatoms. The first-order valence-corrected chi connectivity index (χ1v) is 10.3. The predicted molar refractivity (Wildman–Crippen MR) is 101 cm³/mol. The van der Waals surface area contributed by atoms with Gasteiger partial charge in [-0.2, -0.15) is 4.98 Å². The zero-order valence-corrected chi connectivity index (χ0v) is 15.7. The summed E-state index contributed by atoms with van der Waals surface area (Å²) in [6, 6.07) is 9.92. The van der Waals surface area contributed by atoms with E-state index in [0.717, 1.165) is 11.4 Å². The van der Waals surface area contributed by atoms with Crippen LogP contribution in [0.25, 0.3) is 0 Å². The average molecular weight is 360 g/mol. The number of anilines is 3. The summed E-state index contributed by atoms with van der Waals surface area (Å²) in [5.74, 6) is 1.72. The number of hydrogen-bond donors (Lipinski definition) is 1. The quantitative estimate of drug-likeness (QED) is 0.884. The maximum atomic E-state index is 11.8. The Balaban J connectivity index is 1.87. The molecule has 3 rings (SSSR count). The van der Waals surface area contributed by atoms with Crippen molar-refractivity contribution < 1.29 is 8.42 Å². The molecule has 1 aromatic carbocycles. The van der Waals surface area contributed by atoms with Crippen molar-refractivity contribution in [3.8, 4) is 0 Å². The number of benzene rings is 1. The van der Waals surface area contributed by atoms with Crippen LogP contribution < -0.4 is 10.2 Å². The molecule has 2 aromatic rings. The number of hydrogen-bond acceptors (Lipinski definition) is 6. The van der Waals surface area contributed by atoms with Gasteiger partial charge in [-0.25, -0.2) is 13.4 Å². The Morgan fingerprint density at radius 3 is 2.68 bits per heavy atom. The fourth-order valence-electron chi connectivity index (χ4n) is 3.20. The van der Waals surface area contributed by atoms with E-state index in [2.05, 4.69) is 21.4 Å². The standard InChI is InChI=1S/C18H24N4O2S/c1-4-22(16-8-9-25(23,24)12-16)18-19-14(3)11-17(21-18)20-15-7-5-6-13(2)10-15/h5-7,10-11,16H,4,8-9,12H2,1-3H3,(H,19,20,21). The van der Waals surface area contributed by atoms with Gasteiger partial charge in [-0.05, 0) is 44.9 Å². The van der Waals surface area contributed by atoms with Crippen molar-refractivity contribution in [2.45, 2.75) is 33.2 Å². The highest BCUT2D eigenvalue weighted by molar-refractivity contribution is 7.91. The first-order valence-electron chi connectivity index (χ1n) is 8.53. The van der Waals surface area contributed by atoms with Crippen LogP contribution in [0, 0.1) is 13.8 Å². The molecule has 1 fully saturated rings. The molecular weight excluding hydrogens is 336 g/mol. The molecule has 1 atom stereocenters. The van der Waals surface area contributed by atoms with E-state index >= 15 is 0 Å². The van der Waals surface area contributed by atoms with Crippen LogP contribution >= 0.6 is 0 Å². The van der Waals surface area contributed by atoms with Crippen molar-refractivity contribution in [1.82, 2.24) is 9.97 Å². The molecular formula is C18H24N4O2S. The summed E-state index contributed by atoms with van der Waals surface area (Å²) in [4.78, 5) is 11.2. The summed E-state index contributed by atoms with van der Waals surface area (Å²) in [6.07, 6.45) is 0.633. The summed E-state index contributed by atoms with van der Waals surface area (Å²) in [5, 5.41) is 3.32. The van der Waals surface area contributed by atoms with Gasteiger partial charge in [-0.3, -0.25) is 0 Å². The minimum atomic E-state index is -2.94. The molecule has 0 bridgehead atoms. The third kappa shape index (κ3) is 4.28. The van der Waals surface area contributed by atoms with Gasteiger partial charge in [0.15, 0.2) is 9.84 Å². The van der Waals surface area contributed by atoms with Gasteiger partial charge in [0.25, 0.3) is 0 Å². The molecule has 1 aliphatic rings. The topological polar surface area (TPSA) is 75.2 Å². The Morgan fingerprint density at radius 1 is 1.24 bits per heavy atom. The summed E-state index contributed by atoms with van der Waals surface area (Å²) in [7, 11) is -2.94. The molecule has 1 aromatic heterocycles. The summed E-state index contributed by atoms with van der Waals surface area (Å²) in [6.45, 7) is 6.64. The van der Waals surface area contributed by atoms with Crippen molar-refractivity contribution >= 4 is 27.3 Å². The number of aryl methyl sites for hydroxylation is 2. The van der Waals surface area contributed by atoms with Crippen molar-refractivity contribution in [2.75, 3.05) is 28.3 Å². The monoisotopic (exact) mass is 360 g/mol. The van der Waals surface area contributed by atoms with E-state index < -0.39 is 9.84 Å². The van der Waals surface area contributed by atoms with Crippen LogP contribution in [0.15, 0.2) is 30.3 Å². The highest BCUT2D eigenvalue weighted by Gasteiger charge is 2.33. The number of nitrogens with zero attached hydrogens (tertiary/aromatic N) is 3. The molecule has 0 radical (unpaired) electrons. The first-order chi connectivity index (χ1) is 11.9. The van der Waals surface area contributed by atoms with Gasteiger partial charge in [-0.1, -0.05) is 12.1 Å². The fraction of sp³-hybridized carbons (Fsp3) is 0.444. The second-order valence-corrected chi connectivity index (χ2v) is 8.76. The van der Waals surface area contributed by atoms with Crippen LogP contribution in [-0.4, -0.2) is 42.5 Å². The predicted octanol–water partition coefficient (Wildman–Crippen LogP) is 2.85. The SMILES string of the molecule is CCN(c1nc(C)cc(Nc2cccc(C)c2)n1)C1CCS(=O)(=O)C1. The highest BCUT2D eigenvalue weighted by atomic mass is 32.2.